The van der Waals surface area contributed by atoms with Crippen LogP contribution in [0.2, 0.25) is 0 Å². The fourth-order valence-corrected chi connectivity index (χ4v) is 3.62. The van der Waals surface area contributed by atoms with Crippen molar-refractivity contribution in [1.82, 2.24) is 5.32 Å². The SMILES string of the molecule is CCCNC(c1cccc(Br)c1F)C1(C)CCCC1. The van der Waals surface area contributed by atoms with E-state index in [2.05, 4.69) is 35.1 Å². The molecule has 1 aromatic rings. The van der Waals surface area contributed by atoms with Crippen molar-refractivity contribution in [2.24, 2.45) is 5.41 Å². The fraction of sp³-hybridized carbons (Fsp3) is 0.625. The molecule has 19 heavy (non-hydrogen) atoms. The molecule has 0 saturated heterocycles. The van der Waals surface area contributed by atoms with Crippen LogP contribution in [-0.4, -0.2) is 6.54 Å². The van der Waals surface area contributed by atoms with Crippen LogP contribution < -0.4 is 5.32 Å². The zero-order valence-electron chi connectivity index (χ0n) is 11.8. The Balaban J connectivity index is 2.34. The molecule has 0 amide bonds. The largest absolute Gasteiger partial charge is 0.309 e. The minimum absolute atomic E-state index is 0.107. The van der Waals surface area contributed by atoms with E-state index in [9.17, 15) is 4.39 Å². The maximum absolute atomic E-state index is 14.4. The second-order valence-electron chi connectivity index (χ2n) is 5.89. The summed E-state index contributed by atoms with van der Waals surface area (Å²) in [5, 5.41) is 3.58. The first-order chi connectivity index (χ1) is 9.08. The van der Waals surface area contributed by atoms with Gasteiger partial charge in [0.2, 0.25) is 0 Å². The molecule has 1 saturated carbocycles. The van der Waals surface area contributed by atoms with Crippen molar-refractivity contribution < 1.29 is 4.39 Å². The van der Waals surface area contributed by atoms with Crippen LogP contribution in [0.3, 0.4) is 0 Å². The number of hydrogen-bond donors (Lipinski definition) is 1. The summed E-state index contributed by atoms with van der Waals surface area (Å²) in [6, 6.07) is 5.75. The van der Waals surface area contributed by atoms with Crippen LogP contribution in [0, 0.1) is 11.2 Å². The second kappa shape index (κ2) is 6.36. The van der Waals surface area contributed by atoms with Gasteiger partial charge in [0.05, 0.1) is 4.47 Å². The summed E-state index contributed by atoms with van der Waals surface area (Å²) in [6.07, 6.45) is 5.95. The van der Waals surface area contributed by atoms with E-state index in [0.717, 1.165) is 18.5 Å². The van der Waals surface area contributed by atoms with E-state index in [1.807, 2.05) is 12.1 Å². The minimum atomic E-state index is -0.107. The zero-order chi connectivity index (χ0) is 13.9. The Morgan fingerprint density at radius 1 is 1.37 bits per heavy atom. The smallest absolute Gasteiger partial charge is 0.142 e. The first kappa shape index (κ1) is 15.0. The fourth-order valence-electron chi connectivity index (χ4n) is 3.24. The van der Waals surface area contributed by atoms with Crippen LogP contribution in [-0.2, 0) is 0 Å². The molecule has 0 aromatic heterocycles. The Morgan fingerprint density at radius 2 is 2.05 bits per heavy atom. The highest BCUT2D eigenvalue weighted by Gasteiger charge is 2.38. The van der Waals surface area contributed by atoms with Gasteiger partial charge in [-0.2, -0.15) is 0 Å². The Kier molecular flexibility index (Phi) is 5.02. The molecule has 3 heteroatoms. The Morgan fingerprint density at radius 3 is 2.68 bits per heavy atom. The van der Waals surface area contributed by atoms with Crippen molar-refractivity contribution >= 4 is 15.9 Å². The molecule has 1 unspecified atom stereocenters. The first-order valence-electron chi connectivity index (χ1n) is 7.26. The molecule has 0 spiro atoms. The van der Waals surface area contributed by atoms with Gasteiger partial charge in [0.15, 0.2) is 0 Å². The standard InChI is InChI=1S/C16H23BrFN/c1-3-11-19-15(16(2)9-4-5-10-16)12-7-6-8-13(17)14(12)18/h6-8,15,19H,3-5,9-11H2,1-2H3. The van der Waals surface area contributed by atoms with Crippen LogP contribution in [0.15, 0.2) is 22.7 Å². The second-order valence-corrected chi connectivity index (χ2v) is 6.75. The molecular weight excluding hydrogens is 305 g/mol. The van der Waals surface area contributed by atoms with Gasteiger partial charge in [0.25, 0.3) is 0 Å². The summed E-state index contributed by atoms with van der Waals surface area (Å²) < 4.78 is 15.0. The summed E-state index contributed by atoms with van der Waals surface area (Å²) in [6.45, 7) is 5.39. The van der Waals surface area contributed by atoms with E-state index >= 15 is 0 Å². The molecule has 0 bridgehead atoms. The highest BCUT2D eigenvalue weighted by molar-refractivity contribution is 9.10. The predicted octanol–water partition coefficient (Wildman–Crippen LogP) is 5.21. The molecule has 0 aliphatic heterocycles. The highest BCUT2D eigenvalue weighted by Crippen LogP contribution is 2.48. The average Bonchev–Trinajstić information content (AvgIpc) is 2.82. The number of benzene rings is 1. The van der Waals surface area contributed by atoms with Crippen molar-refractivity contribution in [3.63, 3.8) is 0 Å². The van der Waals surface area contributed by atoms with Gasteiger partial charge < -0.3 is 5.32 Å². The molecule has 1 aromatic carbocycles. The van der Waals surface area contributed by atoms with E-state index in [1.165, 1.54) is 25.7 Å². The summed E-state index contributed by atoms with van der Waals surface area (Å²) in [7, 11) is 0. The van der Waals surface area contributed by atoms with E-state index < -0.39 is 0 Å². The van der Waals surface area contributed by atoms with Crippen LogP contribution in [0.1, 0.15) is 57.6 Å². The summed E-state index contributed by atoms with van der Waals surface area (Å²) in [5.74, 6) is -0.107. The van der Waals surface area contributed by atoms with E-state index in [0.29, 0.717) is 4.47 Å². The third kappa shape index (κ3) is 3.19. The normalized spacial score (nSPS) is 19.6. The lowest BCUT2D eigenvalue weighted by Crippen LogP contribution is -2.35. The maximum atomic E-state index is 14.4. The molecule has 1 fully saturated rings. The quantitative estimate of drug-likeness (QED) is 0.782. The topological polar surface area (TPSA) is 12.0 Å². The number of nitrogens with one attached hydrogen (secondary N) is 1. The third-order valence-electron chi connectivity index (χ3n) is 4.33. The van der Waals surface area contributed by atoms with E-state index in [4.69, 9.17) is 0 Å². The molecule has 0 heterocycles. The number of rotatable bonds is 5. The Labute approximate surface area is 124 Å². The van der Waals surface area contributed by atoms with Crippen LogP contribution in [0.5, 0.6) is 0 Å². The zero-order valence-corrected chi connectivity index (χ0v) is 13.4. The van der Waals surface area contributed by atoms with Gasteiger partial charge in [0, 0.05) is 11.6 Å². The average molecular weight is 328 g/mol. The van der Waals surface area contributed by atoms with Gasteiger partial charge in [-0.3, -0.25) is 0 Å². The van der Waals surface area contributed by atoms with E-state index in [-0.39, 0.29) is 17.3 Å². The molecule has 0 radical (unpaired) electrons. The lowest BCUT2D eigenvalue weighted by atomic mass is 9.77. The van der Waals surface area contributed by atoms with Gasteiger partial charge in [0.1, 0.15) is 5.82 Å². The molecule has 2 rings (SSSR count). The van der Waals surface area contributed by atoms with Crippen LogP contribution in [0.25, 0.3) is 0 Å². The highest BCUT2D eigenvalue weighted by atomic mass is 79.9. The summed E-state index contributed by atoms with van der Waals surface area (Å²) in [4.78, 5) is 0. The lowest BCUT2D eigenvalue weighted by Gasteiger charge is -2.35. The Hall–Kier alpha value is -0.410. The number of halogens is 2. The summed E-state index contributed by atoms with van der Waals surface area (Å²) in [5.41, 5.74) is 0.990. The van der Waals surface area contributed by atoms with Gasteiger partial charge in [-0.15, -0.1) is 0 Å². The van der Waals surface area contributed by atoms with Gasteiger partial charge >= 0.3 is 0 Å². The molecular formula is C16H23BrFN. The van der Waals surface area contributed by atoms with Crippen molar-refractivity contribution in [1.29, 1.82) is 0 Å². The third-order valence-corrected chi connectivity index (χ3v) is 4.95. The van der Waals surface area contributed by atoms with Crippen molar-refractivity contribution in [2.75, 3.05) is 6.54 Å². The monoisotopic (exact) mass is 327 g/mol. The lowest BCUT2D eigenvalue weighted by molar-refractivity contribution is 0.219. The van der Waals surface area contributed by atoms with Crippen LogP contribution in [0.4, 0.5) is 4.39 Å². The van der Waals surface area contributed by atoms with Gasteiger partial charge in [-0.1, -0.05) is 38.8 Å². The van der Waals surface area contributed by atoms with Crippen molar-refractivity contribution in [2.45, 2.75) is 52.0 Å². The van der Waals surface area contributed by atoms with Gasteiger partial charge in [-0.25, -0.2) is 4.39 Å². The molecule has 1 N–H and O–H groups in total. The number of hydrogen-bond acceptors (Lipinski definition) is 1. The molecule has 1 aliphatic rings. The maximum Gasteiger partial charge on any atom is 0.142 e. The van der Waals surface area contributed by atoms with Gasteiger partial charge in [-0.05, 0) is 53.2 Å². The van der Waals surface area contributed by atoms with Crippen LogP contribution >= 0.6 is 15.9 Å². The molecule has 1 atom stereocenters. The molecule has 106 valence electrons. The van der Waals surface area contributed by atoms with Crippen molar-refractivity contribution in [3.8, 4) is 0 Å². The Bertz CT molecular complexity index is 427. The summed E-state index contributed by atoms with van der Waals surface area (Å²) >= 11 is 3.31. The van der Waals surface area contributed by atoms with E-state index in [1.54, 1.807) is 6.07 Å². The van der Waals surface area contributed by atoms with Crippen molar-refractivity contribution in [3.05, 3.63) is 34.1 Å². The molecule has 1 nitrogen and oxygen atoms in total. The first-order valence-corrected chi connectivity index (χ1v) is 8.05. The molecule has 1 aliphatic carbocycles. The minimum Gasteiger partial charge on any atom is -0.309 e. The predicted molar refractivity (Wildman–Crippen MR) is 81.7 cm³/mol.